The third-order valence-corrected chi connectivity index (χ3v) is 4.20. The third kappa shape index (κ3) is 4.03. The molecule has 1 saturated carbocycles. The molecule has 0 unspecified atom stereocenters. The van der Waals surface area contributed by atoms with Crippen LogP contribution in [0.3, 0.4) is 0 Å². The fourth-order valence-electron chi connectivity index (χ4n) is 3.13. The van der Waals surface area contributed by atoms with Gasteiger partial charge in [0, 0.05) is 12.1 Å². The summed E-state index contributed by atoms with van der Waals surface area (Å²) in [5.41, 5.74) is 0.781. The minimum atomic E-state index is -0.869. The largest absolute Gasteiger partial charge is 0.481 e. The second kappa shape index (κ2) is 6.24. The van der Waals surface area contributed by atoms with Crippen molar-refractivity contribution in [3.05, 3.63) is 29.6 Å². The predicted molar refractivity (Wildman–Crippen MR) is 77.5 cm³/mol. The Bertz CT molecular complexity index is 550. The summed E-state index contributed by atoms with van der Waals surface area (Å²) in [6.07, 6.45) is 3.63. The van der Waals surface area contributed by atoms with Gasteiger partial charge in [-0.3, -0.25) is 9.59 Å². The molecule has 0 spiro atoms. The van der Waals surface area contributed by atoms with Crippen LogP contribution in [-0.4, -0.2) is 17.0 Å². The average molecular weight is 293 g/mol. The summed E-state index contributed by atoms with van der Waals surface area (Å²) in [5, 5.41) is 11.7. The highest BCUT2D eigenvalue weighted by molar-refractivity contribution is 5.92. The first-order valence-electron chi connectivity index (χ1n) is 7.18. The molecule has 0 saturated heterocycles. The number of hydrogen-bond acceptors (Lipinski definition) is 2. The number of carboxylic acid groups (broad SMARTS) is 1. The molecule has 1 aromatic rings. The van der Waals surface area contributed by atoms with Crippen molar-refractivity contribution in [2.45, 2.75) is 45.4 Å². The van der Waals surface area contributed by atoms with E-state index in [0.717, 1.165) is 31.2 Å². The van der Waals surface area contributed by atoms with Crippen molar-refractivity contribution in [2.24, 2.45) is 5.41 Å². The van der Waals surface area contributed by atoms with E-state index in [-0.39, 0.29) is 18.7 Å². The van der Waals surface area contributed by atoms with Gasteiger partial charge in [-0.25, -0.2) is 4.39 Å². The maximum atomic E-state index is 13.2. The Morgan fingerprint density at radius 3 is 2.57 bits per heavy atom. The van der Waals surface area contributed by atoms with Gasteiger partial charge >= 0.3 is 5.97 Å². The average Bonchev–Trinajstić information content (AvgIpc) is 2.80. The van der Waals surface area contributed by atoms with Crippen molar-refractivity contribution in [2.75, 3.05) is 5.32 Å². The summed E-state index contributed by atoms with van der Waals surface area (Å²) in [4.78, 5) is 23.2. The number of carboxylic acids is 1. The van der Waals surface area contributed by atoms with Crippen molar-refractivity contribution in [1.82, 2.24) is 0 Å². The quantitative estimate of drug-likeness (QED) is 0.873. The summed E-state index contributed by atoms with van der Waals surface area (Å²) < 4.78 is 13.2. The number of aliphatic carboxylic acids is 1. The van der Waals surface area contributed by atoms with Crippen molar-refractivity contribution in [3.63, 3.8) is 0 Å². The number of hydrogen-bond donors (Lipinski definition) is 2. The fraction of sp³-hybridized carbons (Fsp3) is 0.500. The van der Waals surface area contributed by atoms with E-state index in [1.54, 1.807) is 13.0 Å². The number of benzene rings is 1. The van der Waals surface area contributed by atoms with Gasteiger partial charge in [0.2, 0.25) is 5.91 Å². The normalized spacial score (nSPS) is 16.7. The molecule has 2 rings (SSSR count). The van der Waals surface area contributed by atoms with Gasteiger partial charge in [0.05, 0.1) is 6.42 Å². The molecule has 0 aliphatic heterocycles. The lowest BCUT2D eigenvalue weighted by molar-refractivity contribution is -0.140. The molecule has 21 heavy (non-hydrogen) atoms. The van der Waals surface area contributed by atoms with Crippen LogP contribution in [0.25, 0.3) is 0 Å². The van der Waals surface area contributed by atoms with Gasteiger partial charge in [0.25, 0.3) is 0 Å². The van der Waals surface area contributed by atoms with Gasteiger partial charge in [0.1, 0.15) is 5.82 Å². The minimum Gasteiger partial charge on any atom is -0.481 e. The highest BCUT2D eigenvalue weighted by Gasteiger charge is 2.38. The number of nitrogens with one attached hydrogen (secondary N) is 1. The third-order valence-electron chi connectivity index (χ3n) is 4.20. The first-order chi connectivity index (χ1) is 9.90. The van der Waals surface area contributed by atoms with Gasteiger partial charge in [-0.1, -0.05) is 18.9 Å². The molecule has 2 N–H and O–H groups in total. The second-order valence-electron chi connectivity index (χ2n) is 5.96. The van der Waals surface area contributed by atoms with Crippen molar-refractivity contribution in [3.8, 4) is 0 Å². The summed E-state index contributed by atoms with van der Waals surface area (Å²) in [7, 11) is 0. The van der Waals surface area contributed by atoms with Crippen LogP contribution in [0.15, 0.2) is 18.2 Å². The SMILES string of the molecule is Cc1ccc(F)cc1NC(=O)CC1(CC(=O)O)CCCC1. The maximum Gasteiger partial charge on any atom is 0.303 e. The van der Waals surface area contributed by atoms with E-state index >= 15 is 0 Å². The Labute approximate surface area is 123 Å². The smallest absolute Gasteiger partial charge is 0.303 e. The van der Waals surface area contributed by atoms with Crippen LogP contribution in [-0.2, 0) is 9.59 Å². The van der Waals surface area contributed by atoms with E-state index in [9.17, 15) is 14.0 Å². The van der Waals surface area contributed by atoms with Gasteiger partial charge in [0.15, 0.2) is 0 Å². The number of halogens is 1. The highest BCUT2D eigenvalue weighted by Crippen LogP contribution is 2.44. The standard InChI is InChI=1S/C16H20FNO3/c1-11-4-5-12(17)8-13(11)18-14(19)9-16(10-15(20)21)6-2-3-7-16/h4-5,8H,2-3,6-7,9-10H2,1H3,(H,18,19)(H,20,21). The monoisotopic (exact) mass is 293 g/mol. The molecule has 1 fully saturated rings. The minimum absolute atomic E-state index is 0.0164. The topological polar surface area (TPSA) is 66.4 Å². The molecule has 0 heterocycles. The zero-order valence-corrected chi connectivity index (χ0v) is 12.1. The molecule has 1 aromatic carbocycles. The van der Waals surface area contributed by atoms with Gasteiger partial charge in [-0.15, -0.1) is 0 Å². The zero-order valence-electron chi connectivity index (χ0n) is 12.1. The summed E-state index contributed by atoms with van der Waals surface area (Å²) in [6, 6.07) is 4.23. The molecule has 0 aromatic heterocycles. The number of carbonyl (C=O) groups excluding carboxylic acids is 1. The lowest BCUT2D eigenvalue weighted by Gasteiger charge is -2.26. The van der Waals surface area contributed by atoms with Gasteiger partial charge in [-0.05, 0) is 42.9 Å². The number of carbonyl (C=O) groups is 2. The molecule has 0 atom stereocenters. The molecular weight excluding hydrogens is 273 g/mol. The number of aryl methyl sites for hydroxylation is 1. The van der Waals surface area contributed by atoms with E-state index in [1.807, 2.05) is 0 Å². The van der Waals surface area contributed by atoms with E-state index in [1.165, 1.54) is 12.1 Å². The van der Waals surface area contributed by atoms with E-state index < -0.39 is 17.2 Å². The van der Waals surface area contributed by atoms with Crippen molar-refractivity contribution >= 4 is 17.6 Å². The van der Waals surface area contributed by atoms with Crippen LogP contribution in [0, 0.1) is 18.2 Å². The summed E-state index contributed by atoms with van der Waals surface area (Å²) in [5.74, 6) is -1.52. The number of rotatable bonds is 5. The van der Waals surface area contributed by atoms with Crippen molar-refractivity contribution in [1.29, 1.82) is 0 Å². The van der Waals surface area contributed by atoms with Crippen molar-refractivity contribution < 1.29 is 19.1 Å². The highest BCUT2D eigenvalue weighted by atomic mass is 19.1. The fourth-order valence-corrected chi connectivity index (χ4v) is 3.13. The van der Waals surface area contributed by atoms with E-state index in [4.69, 9.17) is 5.11 Å². The molecule has 114 valence electrons. The van der Waals surface area contributed by atoms with Crippen LogP contribution in [0.5, 0.6) is 0 Å². The van der Waals surface area contributed by atoms with E-state index in [0.29, 0.717) is 5.69 Å². The summed E-state index contributed by atoms with van der Waals surface area (Å²) in [6.45, 7) is 1.79. The first-order valence-corrected chi connectivity index (χ1v) is 7.18. The Morgan fingerprint density at radius 2 is 1.95 bits per heavy atom. The first kappa shape index (κ1) is 15.5. The Kier molecular flexibility index (Phi) is 4.60. The van der Waals surface area contributed by atoms with Crippen LogP contribution in [0.2, 0.25) is 0 Å². The molecule has 1 aliphatic rings. The Hall–Kier alpha value is -1.91. The number of anilines is 1. The van der Waals surface area contributed by atoms with Crippen LogP contribution in [0.1, 0.15) is 44.1 Å². The molecular formula is C16H20FNO3. The van der Waals surface area contributed by atoms with Crippen LogP contribution >= 0.6 is 0 Å². The predicted octanol–water partition coefficient (Wildman–Crippen LogP) is 3.50. The molecule has 5 heteroatoms. The van der Waals surface area contributed by atoms with Crippen LogP contribution < -0.4 is 5.32 Å². The lowest BCUT2D eigenvalue weighted by atomic mass is 9.79. The number of amides is 1. The lowest BCUT2D eigenvalue weighted by Crippen LogP contribution is -2.28. The molecule has 1 amide bonds. The van der Waals surface area contributed by atoms with Gasteiger partial charge in [-0.2, -0.15) is 0 Å². The van der Waals surface area contributed by atoms with Gasteiger partial charge < -0.3 is 10.4 Å². The Morgan fingerprint density at radius 1 is 1.29 bits per heavy atom. The molecule has 1 aliphatic carbocycles. The molecule has 0 bridgehead atoms. The summed E-state index contributed by atoms with van der Waals surface area (Å²) >= 11 is 0. The molecule has 0 radical (unpaired) electrons. The Balaban J connectivity index is 2.06. The zero-order chi connectivity index (χ0) is 15.5. The maximum absolute atomic E-state index is 13.2. The molecule has 4 nitrogen and oxygen atoms in total. The van der Waals surface area contributed by atoms with E-state index in [2.05, 4.69) is 5.32 Å². The second-order valence-corrected chi connectivity index (χ2v) is 5.96. The van der Waals surface area contributed by atoms with Crippen LogP contribution in [0.4, 0.5) is 10.1 Å².